The summed E-state index contributed by atoms with van der Waals surface area (Å²) in [6.45, 7) is 19.3. The molecule has 0 spiro atoms. The van der Waals surface area contributed by atoms with Gasteiger partial charge in [-0.05, 0) is 58.2 Å². The third-order valence-corrected chi connectivity index (χ3v) is 9.24. The molecule has 0 radical (unpaired) electrons. The van der Waals surface area contributed by atoms with E-state index in [2.05, 4.69) is 50.3 Å². The van der Waals surface area contributed by atoms with Gasteiger partial charge in [-0.15, -0.1) is 0 Å². The Kier molecular flexibility index (Phi) is 14.0. The molecule has 0 aliphatic carbocycles. The van der Waals surface area contributed by atoms with Gasteiger partial charge in [-0.2, -0.15) is 9.97 Å². The van der Waals surface area contributed by atoms with Crippen LogP contribution in [0.5, 0.6) is 6.01 Å². The van der Waals surface area contributed by atoms with Gasteiger partial charge in [0.15, 0.2) is 11.5 Å². The fourth-order valence-electron chi connectivity index (χ4n) is 6.48. The fraction of sp³-hybridized carbons (Fsp3) is 0.844. The zero-order valence-corrected chi connectivity index (χ0v) is 27.4. The van der Waals surface area contributed by atoms with Gasteiger partial charge in [0.2, 0.25) is 0 Å². The fourth-order valence-corrected chi connectivity index (χ4v) is 6.48. The van der Waals surface area contributed by atoms with Crippen LogP contribution in [0.2, 0.25) is 0 Å². The first kappa shape index (κ1) is 33.7. The molecule has 2 aliphatic heterocycles. The molecule has 2 aromatic heterocycles. The molecule has 43 heavy (non-hydrogen) atoms. The quantitative estimate of drug-likeness (QED) is 0.229. The molecule has 11 nitrogen and oxygen atoms in total. The molecule has 0 aromatic carbocycles. The molecule has 2 fully saturated rings. The van der Waals surface area contributed by atoms with Crippen molar-refractivity contribution in [1.82, 2.24) is 39.1 Å². The first-order valence-corrected chi connectivity index (χ1v) is 17.4. The number of imidazole rings is 1. The molecule has 1 unspecified atom stereocenters. The molecule has 4 rings (SSSR count). The van der Waals surface area contributed by atoms with Crippen LogP contribution in [0, 0.1) is 0 Å². The van der Waals surface area contributed by atoms with Crippen LogP contribution in [-0.2, 0) is 0 Å². The van der Waals surface area contributed by atoms with Crippen molar-refractivity contribution in [3.05, 3.63) is 10.5 Å². The SMILES string of the molecule is CCCCCN1CCN(CCCCC(N2CCN(CCCCC)CC2)n2c(=O)[nH]c3c(N)nc(OCCCC)nc32)CC1. The van der Waals surface area contributed by atoms with Crippen molar-refractivity contribution in [2.75, 3.05) is 84.3 Å². The van der Waals surface area contributed by atoms with Gasteiger partial charge in [-0.1, -0.05) is 52.9 Å². The number of ether oxygens (including phenoxy) is 1. The second-order valence-corrected chi connectivity index (χ2v) is 12.5. The average molecular weight is 602 g/mol. The predicted molar refractivity (Wildman–Crippen MR) is 176 cm³/mol. The Balaban J connectivity index is 1.42. The molecular weight excluding hydrogens is 542 g/mol. The van der Waals surface area contributed by atoms with Crippen LogP contribution in [0.15, 0.2) is 4.79 Å². The molecule has 2 saturated heterocycles. The largest absolute Gasteiger partial charge is 0.463 e. The molecule has 1 atom stereocenters. The summed E-state index contributed by atoms with van der Waals surface area (Å²) in [5.74, 6) is 0.265. The monoisotopic (exact) mass is 601 g/mol. The maximum atomic E-state index is 13.5. The first-order chi connectivity index (χ1) is 21.0. The van der Waals surface area contributed by atoms with Gasteiger partial charge in [-0.25, -0.2) is 4.79 Å². The molecular formula is C32H59N9O2. The van der Waals surface area contributed by atoms with E-state index >= 15 is 0 Å². The summed E-state index contributed by atoms with van der Waals surface area (Å²) in [5, 5.41) is 0. The summed E-state index contributed by atoms with van der Waals surface area (Å²) in [6.07, 6.45) is 12.7. The minimum absolute atomic E-state index is 0.0766. The number of H-pyrrole nitrogens is 1. The molecule has 4 heterocycles. The Morgan fingerprint density at radius 1 is 0.744 bits per heavy atom. The highest BCUT2D eigenvalue weighted by Gasteiger charge is 2.29. The van der Waals surface area contributed by atoms with E-state index in [1.807, 2.05) is 4.57 Å². The number of rotatable bonds is 19. The summed E-state index contributed by atoms with van der Waals surface area (Å²) >= 11 is 0. The highest BCUT2D eigenvalue weighted by Crippen LogP contribution is 2.27. The number of nitrogens with one attached hydrogen (secondary N) is 1. The van der Waals surface area contributed by atoms with Crippen LogP contribution >= 0.6 is 0 Å². The standard InChI is InChI=1S/C32H59N9O2/c1-4-7-11-15-37-18-20-38(21-19-37)17-13-10-14-27(40-24-22-39(23-25-40)16-12-8-5-2)41-30-28(34-32(41)42)29(33)35-31(36-30)43-26-9-6-3/h27H,4-26H2,1-3H3,(H,34,42)(H2,33,35,36). The third kappa shape index (κ3) is 9.89. The second-order valence-electron chi connectivity index (χ2n) is 12.5. The van der Waals surface area contributed by atoms with E-state index in [1.54, 1.807) is 0 Å². The molecule has 11 heteroatoms. The second kappa shape index (κ2) is 17.9. The van der Waals surface area contributed by atoms with Gasteiger partial charge in [-0.3, -0.25) is 9.47 Å². The summed E-state index contributed by atoms with van der Waals surface area (Å²) in [7, 11) is 0. The van der Waals surface area contributed by atoms with E-state index in [0.29, 0.717) is 17.8 Å². The van der Waals surface area contributed by atoms with Crippen molar-refractivity contribution in [3.63, 3.8) is 0 Å². The normalized spacial score (nSPS) is 18.5. The topological polar surface area (TPSA) is 112 Å². The molecule has 0 bridgehead atoms. The Bertz CT molecular complexity index is 1120. The number of aromatic nitrogens is 4. The maximum absolute atomic E-state index is 13.5. The maximum Gasteiger partial charge on any atom is 0.329 e. The minimum atomic E-state index is -0.170. The van der Waals surface area contributed by atoms with Crippen LogP contribution in [-0.4, -0.2) is 118 Å². The van der Waals surface area contributed by atoms with Crippen molar-refractivity contribution in [3.8, 4) is 6.01 Å². The Morgan fingerprint density at radius 3 is 1.84 bits per heavy atom. The van der Waals surface area contributed by atoms with Crippen LogP contribution < -0.4 is 16.2 Å². The van der Waals surface area contributed by atoms with E-state index in [-0.39, 0.29) is 23.7 Å². The third-order valence-electron chi connectivity index (χ3n) is 9.24. The number of nitrogens with two attached hydrogens (primary N) is 1. The lowest BCUT2D eigenvalue weighted by atomic mass is 10.1. The van der Waals surface area contributed by atoms with E-state index < -0.39 is 0 Å². The molecule has 3 N–H and O–H groups in total. The highest BCUT2D eigenvalue weighted by atomic mass is 16.5. The Morgan fingerprint density at radius 2 is 1.28 bits per heavy atom. The lowest BCUT2D eigenvalue weighted by Gasteiger charge is -2.39. The zero-order valence-electron chi connectivity index (χ0n) is 27.4. The van der Waals surface area contributed by atoms with Crippen molar-refractivity contribution >= 4 is 17.0 Å². The number of anilines is 1. The Hall–Kier alpha value is -2.21. The van der Waals surface area contributed by atoms with Crippen LogP contribution in [0.4, 0.5) is 5.82 Å². The lowest BCUT2D eigenvalue weighted by Crippen LogP contribution is -2.50. The number of unbranched alkanes of at least 4 members (excludes halogenated alkanes) is 6. The number of piperazine rings is 2. The number of nitrogen functional groups attached to an aromatic ring is 1. The smallest absolute Gasteiger partial charge is 0.329 e. The number of nitrogens with zero attached hydrogens (tertiary/aromatic N) is 7. The first-order valence-electron chi connectivity index (χ1n) is 17.4. The summed E-state index contributed by atoms with van der Waals surface area (Å²) in [6, 6.07) is 0.250. The molecule has 0 amide bonds. The van der Waals surface area contributed by atoms with Crippen molar-refractivity contribution in [1.29, 1.82) is 0 Å². The van der Waals surface area contributed by atoms with Crippen LogP contribution in [0.1, 0.15) is 97.6 Å². The number of fused-ring (bicyclic) bond motifs is 1. The van der Waals surface area contributed by atoms with E-state index in [9.17, 15) is 4.79 Å². The molecule has 2 aliphatic rings. The van der Waals surface area contributed by atoms with Gasteiger partial charge in [0.05, 0.1) is 12.8 Å². The number of aromatic amines is 1. The van der Waals surface area contributed by atoms with Gasteiger partial charge in [0, 0.05) is 52.4 Å². The zero-order chi connectivity index (χ0) is 30.4. The van der Waals surface area contributed by atoms with E-state index in [0.717, 1.165) is 84.5 Å². The average Bonchev–Trinajstić information content (AvgIpc) is 3.35. The number of hydrogen-bond donors (Lipinski definition) is 2. The van der Waals surface area contributed by atoms with Crippen LogP contribution in [0.3, 0.4) is 0 Å². The molecule has 2 aromatic rings. The summed E-state index contributed by atoms with van der Waals surface area (Å²) in [5.41, 5.74) is 7.19. The van der Waals surface area contributed by atoms with E-state index in [1.165, 1.54) is 58.2 Å². The summed E-state index contributed by atoms with van der Waals surface area (Å²) < 4.78 is 7.66. The Labute approximate surface area is 259 Å². The predicted octanol–water partition coefficient (Wildman–Crippen LogP) is 4.17. The van der Waals surface area contributed by atoms with Crippen molar-refractivity contribution in [2.45, 2.75) is 97.6 Å². The lowest BCUT2D eigenvalue weighted by molar-refractivity contribution is 0.0572. The van der Waals surface area contributed by atoms with Gasteiger partial charge >= 0.3 is 11.7 Å². The molecule has 0 saturated carbocycles. The van der Waals surface area contributed by atoms with Gasteiger partial charge < -0.3 is 30.2 Å². The van der Waals surface area contributed by atoms with Crippen molar-refractivity contribution < 1.29 is 4.74 Å². The van der Waals surface area contributed by atoms with Gasteiger partial charge in [0.1, 0.15) is 5.52 Å². The van der Waals surface area contributed by atoms with E-state index in [4.69, 9.17) is 15.5 Å². The summed E-state index contributed by atoms with van der Waals surface area (Å²) in [4.78, 5) is 35.8. The van der Waals surface area contributed by atoms with Gasteiger partial charge in [0.25, 0.3) is 0 Å². The van der Waals surface area contributed by atoms with Crippen molar-refractivity contribution in [2.24, 2.45) is 0 Å². The minimum Gasteiger partial charge on any atom is -0.463 e. The highest BCUT2D eigenvalue weighted by molar-refractivity contribution is 5.82. The van der Waals surface area contributed by atoms with Crippen LogP contribution in [0.25, 0.3) is 11.2 Å². The molecule has 244 valence electrons. The number of hydrogen-bond acceptors (Lipinski definition) is 9.